The van der Waals surface area contributed by atoms with Crippen LogP contribution < -0.4 is 5.32 Å². The van der Waals surface area contributed by atoms with Crippen LogP contribution in [0.15, 0.2) is 78.9 Å². The summed E-state index contributed by atoms with van der Waals surface area (Å²) in [5, 5.41) is 11.0. The van der Waals surface area contributed by atoms with E-state index in [-0.39, 0.29) is 18.9 Å². The molecule has 0 aliphatic carbocycles. The van der Waals surface area contributed by atoms with Crippen molar-refractivity contribution in [1.82, 2.24) is 5.32 Å². The fourth-order valence-corrected chi connectivity index (χ4v) is 4.36. The van der Waals surface area contributed by atoms with Gasteiger partial charge in [0.05, 0.1) is 12.4 Å². The molecule has 3 aromatic carbocycles. The number of carbonyl (C=O) groups is 1. The van der Waals surface area contributed by atoms with Gasteiger partial charge in [-0.15, -0.1) is 0 Å². The predicted molar refractivity (Wildman–Crippen MR) is 115 cm³/mol. The summed E-state index contributed by atoms with van der Waals surface area (Å²) in [5.74, 6) is -1.40. The summed E-state index contributed by atoms with van der Waals surface area (Å²) in [6.45, 7) is -0.177. The predicted octanol–water partition coefficient (Wildman–Crippen LogP) is 3.04. The van der Waals surface area contributed by atoms with Crippen molar-refractivity contribution in [2.45, 2.75) is 5.75 Å². The highest BCUT2D eigenvalue weighted by molar-refractivity contribution is 7.91. The Balaban J connectivity index is 1.71. The quantitative estimate of drug-likeness (QED) is 0.599. The summed E-state index contributed by atoms with van der Waals surface area (Å²) in [6, 6.07) is 25.6. The normalized spacial score (nSPS) is 11.2. The van der Waals surface area contributed by atoms with Crippen molar-refractivity contribution in [3.63, 3.8) is 0 Å². The molecule has 29 heavy (non-hydrogen) atoms. The zero-order valence-electron chi connectivity index (χ0n) is 15.9. The Labute approximate surface area is 171 Å². The highest BCUT2D eigenvalue weighted by atomic mass is 32.2. The minimum absolute atomic E-state index is 0.0467. The van der Waals surface area contributed by atoms with Crippen LogP contribution >= 0.6 is 0 Å². The second kappa shape index (κ2) is 9.49. The Morgan fingerprint density at radius 3 is 2.00 bits per heavy atom. The number of hydrogen-bond donors (Lipinski definition) is 2. The Bertz CT molecular complexity index is 1060. The number of hydrogen-bond acceptors (Lipinski definition) is 4. The first-order valence-electron chi connectivity index (χ1n) is 9.30. The molecule has 5 nitrogen and oxygen atoms in total. The number of aliphatic hydroxyl groups excluding tert-OH is 1. The average Bonchev–Trinajstić information content (AvgIpc) is 2.73. The van der Waals surface area contributed by atoms with Crippen LogP contribution in [0.4, 0.5) is 0 Å². The number of aliphatic hydroxyl groups is 1. The maximum atomic E-state index is 12.2. The minimum atomic E-state index is -3.58. The molecule has 0 saturated heterocycles. The third-order valence-corrected chi connectivity index (χ3v) is 5.90. The minimum Gasteiger partial charge on any atom is -0.395 e. The monoisotopic (exact) mass is 409 g/mol. The first kappa shape index (κ1) is 20.8. The van der Waals surface area contributed by atoms with Gasteiger partial charge in [0.15, 0.2) is 9.84 Å². The maximum absolute atomic E-state index is 12.2. The molecule has 0 bridgehead atoms. The molecular weight excluding hydrogens is 386 g/mol. The molecule has 0 spiro atoms. The van der Waals surface area contributed by atoms with Crippen LogP contribution in [-0.2, 0) is 20.4 Å². The summed E-state index contributed by atoms with van der Waals surface area (Å²) in [6.07, 6.45) is 0. The molecule has 0 heterocycles. The summed E-state index contributed by atoms with van der Waals surface area (Å²) < 4.78 is 24.4. The Hall–Kier alpha value is -2.96. The molecule has 3 aromatic rings. The molecule has 0 aliphatic heterocycles. The van der Waals surface area contributed by atoms with E-state index in [1.807, 2.05) is 42.5 Å². The third-order valence-electron chi connectivity index (χ3n) is 4.43. The van der Waals surface area contributed by atoms with Crippen molar-refractivity contribution < 1.29 is 18.3 Å². The van der Waals surface area contributed by atoms with Crippen LogP contribution in [0.5, 0.6) is 0 Å². The molecule has 1 amide bonds. The van der Waals surface area contributed by atoms with Crippen LogP contribution in [0.25, 0.3) is 22.3 Å². The number of rotatable bonds is 8. The van der Waals surface area contributed by atoms with Crippen molar-refractivity contribution >= 4 is 15.7 Å². The Morgan fingerprint density at radius 2 is 1.38 bits per heavy atom. The fraction of sp³-hybridized carbons (Fsp3) is 0.174. The number of sulfone groups is 1. The molecule has 0 aliphatic rings. The lowest BCUT2D eigenvalue weighted by atomic mass is 9.99. The summed E-state index contributed by atoms with van der Waals surface area (Å²) in [4.78, 5) is 11.6. The zero-order valence-corrected chi connectivity index (χ0v) is 16.7. The molecule has 150 valence electrons. The first-order chi connectivity index (χ1) is 14.0. The van der Waals surface area contributed by atoms with E-state index in [1.165, 1.54) is 0 Å². The van der Waals surface area contributed by atoms with Gasteiger partial charge >= 0.3 is 0 Å². The zero-order chi connectivity index (χ0) is 20.7. The molecule has 0 radical (unpaired) electrons. The standard InChI is InChI=1S/C23H23NO4S/c25-14-13-24-23(26)17-29(27,28)16-18-9-11-20(12-10-18)22-8-4-7-21(15-22)19-5-2-1-3-6-19/h1-12,15,25H,13-14,16-17H2,(H,24,26). The molecule has 0 fully saturated rings. The molecule has 3 rings (SSSR count). The van der Waals surface area contributed by atoms with Crippen molar-refractivity contribution in [2.75, 3.05) is 18.9 Å². The molecule has 6 heteroatoms. The summed E-state index contributed by atoms with van der Waals surface area (Å²) in [7, 11) is -3.58. The number of nitrogens with one attached hydrogen (secondary N) is 1. The number of carbonyl (C=O) groups excluding carboxylic acids is 1. The lowest BCUT2D eigenvalue weighted by Crippen LogP contribution is -2.32. The summed E-state index contributed by atoms with van der Waals surface area (Å²) in [5.41, 5.74) is 4.91. The van der Waals surface area contributed by atoms with E-state index in [9.17, 15) is 13.2 Å². The molecular formula is C23H23NO4S. The van der Waals surface area contributed by atoms with Gasteiger partial charge in [-0.05, 0) is 33.9 Å². The number of benzene rings is 3. The first-order valence-corrected chi connectivity index (χ1v) is 11.1. The highest BCUT2D eigenvalue weighted by Gasteiger charge is 2.17. The van der Waals surface area contributed by atoms with E-state index in [1.54, 1.807) is 12.1 Å². The molecule has 2 N–H and O–H groups in total. The third kappa shape index (κ3) is 6.01. The van der Waals surface area contributed by atoms with Crippen LogP contribution in [0.1, 0.15) is 5.56 Å². The lowest BCUT2D eigenvalue weighted by molar-refractivity contribution is -0.118. The second-order valence-corrected chi connectivity index (χ2v) is 8.81. The van der Waals surface area contributed by atoms with E-state index < -0.39 is 21.5 Å². The van der Waals surface area contributed by atoms with Crippen molar-refractivity contribution in [2.24, 2.45) is 0 Å². The van der Waals surface area contributed by atoms with Gasteiger partial charge in [0.25, 0.3) is 0 Å². The van der Waals surface area contributed by atoms with Gasteiger partial charge in [-0.25, -0.2) is 8.42 Å². The van der Waals surface area contributed by atoms with E-state index in [4.69, 9.17) is 5.11 Å². The highest BCUT2D eigenvalue weighted by Crippen LogP contribution is 2.26. The fourth-order valence-electron chi connectivity index (χ4n) is 3.05. The van der Waals surface area contributed by atoms with Crippen LogP contribution in [0.3, 0.4) is 0 Å². The largest absolute Gasteiger partial charge is 0.395 e. The van der Waals surface area contributed by atoms with E-state index in [0.29, 0.717) is 5.56 Å². The van der Waals surface area contributed by atoms with Gasteiger partial charge in [-0.1, -0.05) is 72.8 Å². The van der Waals surface area contributed by atoms with Gasteiger partial charge in [-0.3, -0.25) is 4.79 Å². The molecule has 0 unspecified atom stereocenters. The van der Waals surface area contributed by atoms with Gasteiger partial charge in [-0.2, -0.15) is 0 Å². The topological polar surface area (TPSA) is 83.5 Å². The van der Waals surface area contributed by atoms with Gasteiger partial charge in [0, 0.05) is 6.54 Å². The Morgan fingerprint density at radius 1 is 0.793 bits per heavy atom. The maximum Gasteiger partial charge on any atom is 0.235 e. The Kier molecular flexibility index (Phi) is 6.80. The molecule has 0 atom stereocenters. The van der Waals surface area contributed by atoms with Gasteiger partial charge < -0.3 is 10.4 Å². The van der Waals surface area contributed by atoms with Crippen molar-refractivity contribution in [1.29, 1.82) is 0 Å². The van der Waals surface area contributed by atoms with Gasteiger partial charge in [0.1, 0.15) is 5.75 Å². The van der Waals surface area contributed by atoms with Gasteiger partial charge in [0.2, 0.25) is 5.91 Å². The van der Waals surface area contributed by atoms with Crippen LogP contribution in [0, 0.1) is 0 Å². The lowest BCUT2D eigenvalue weighted by Gasteiger charge is -2.08. The number of amides is 1. The van der Waals surface area contributed by atoms with E-state index >= 15 is 0 Å². The average molecular weight is 410 g/mol. The summed E-state index contributed by atoms with van der Waals surface area (Å²) >= 11 is 0. The van der Waals surface area contributed by atoms with Crippen molar-refractivity contribution in [3.8, 4) is 22.3 Å². The molecule has 0 saturated carbocycles. The van der Waals surface area contributed by atoms with E-state index in [2.05, 4.69) is 29.6 Å². The SMILES string of the molecule is O=C(CS(=O)(=O)Cc1ccc(-c2cccc(-c3ccccc3)c2)cc1)NCCO. The molecule has 0 aromatic heterocycles. The van der Waals surface area contributed by atoms with E-state index in [0.717, 1.165) is 22.3 Å². The van der Waals surface area contributed by atoms with Crippen LogP contribution in [-0.4, -0.2) is 38.3 Å². The smallest absolute Gasteiger partial charge is 0.235 e. The second-order valence-electron chi connectivity index (χ2n) is 6.75. The van der Waals surface area contributed by atoms with Crippen molar-refractivity contribution in [3.05, 3.63) is 84.4 Å². The van der Waals surface area contributed by atoms with Crippen LogP contribution in [0.2, 0.25) is 0 Å².